The van der Waals surface area contributed by atoms with Crippen LogP contribution in [0.15, 0.2) is 42.6 Å². The van der Waals surface area contributed by atoms with Crippen LogP contribution in [0.5, 0.6) is 11.6 Å². The second-order valence-corrected chi connectivity index (χ2v) is 5.11. The fourth-order valence-corrected chi connectivity index (χ4v) is 1.91. The molecule has 3 nitrogen and oxygen atoms in total. The van der Waals surface area contributed by atoms with Crippen LogP contribution >= 0.6 is 0 Å². The normalized spacial score (nSPS) is 10.8. The molecule has 0 atom stereocenters. The van der Waals surface area contributed by atoms with E-state index in [1.807, 2.05) is 24.3 Å². The summed E-state index contributed by atoms with van der Waals surface area (Å²) in [4.78, 5) is 4.35. The number of ether oxygens (including phenoxy) is 1. The zero-order valence-corrected chi connectivity index (χ0v) is 12.4. The van der Waals surface area contributed by atoms with Crippen molar-refractivity contribution in [1.82, 2.24) is 10.3 Å². The average molecular weight is 270 g/mol. The van der Waals surface area contributed by atoms with Crippen molar-refractivity contribution in [2.75, 3.05) is 0 Å². The Morgan fingerprint density at radius 2 is 2.05 bits per heavy atom. The van der Waals surface area contributed by atoms with Crippen molar-refractivity contribution in [1.29, 1.82) is 0 Å². The van der Waals surface area contributed by atoms with E-state index in [9.17, 15) is 0 Å². The Morgan fingerprint density at radius 3 is 2.80 bits per heavy atom. The molecule has 0 bridgehead atoms. The summed E-state index contributed by atoms with van der Waals surface area (Å²) in [6, 6.07) is 12.6. The molecule has 0 saturated carbocycles. The van der Waals surface area contributed by atoms with Crippen molar-refractivity contribution in [3.63, 3.8) is 0 Å². The van der Waals surface area contributed by atoms with Crippen LogP contribution in [-0.2, 0) is 13.0 Å². The van der Waals surface area contributed by atoms with E-state index in [2.05, 4.69) is 43.2 Å². The standard InChI is InChI=1S/C17H22N2O/c1-4-14-7-5-9-16(11-14)20-17-15(8-6-10-18-17)12-19-13(2)3/h5-11,13,19H,4,12H2,1-3H3. The van der Waals surface area contributed by atoms with Gasteiger partial charge < -0.3 is 10.1 Å². The number of hydrogen-bond donors (Lipinski definition) is 1. The minimum Gasteiger partial charge on any atom is -0.439 e. The van der Waals surface area contributed by atoms with Gasteiger partial charge in [-0.05, 0) is 30.2 Å². The zero-order valence-electron chi connectivity index (χ0n) is 12.4. The van der Waals surface area contributed by atoms with Crippen molar-refractivity contribution in [2.45, 2.75) is 39.8 Å². The maximum atomic E-state index is 5.93. The summed E-state index contributed by atoms with van der Waals surface area (Å²) in [5.74, 6) is 1.52. The molecular weight excluding hydrogens is 248 g/mol. The van der Waals surface area contributed by atoms with Crippen LogP contribution in [0.25, 0.3) is 0 Å². The number of nitrogens with one attached hydrogen (secondary N) is 1. The Hall–Kier alpha value is -1.87. The molecule has 0 spiro atoms. The van der Waals surface area contributed by atoms with Crippen LogP contribution < -0.4 is 10.1 Å². The van der Waals surface area contributed by atoms with E-state index in [1.165, 1.54) is 5.56 Å². The van der Waals surface area contributed by atoms with Gasteiger partial charge in [0.05, 0.1) is 0 Å². The van der Waals surface area contributed by atoms with Crippen LogP contribution in [0.3, 0.4) is 0 Å². The largest absolute Gasteiger partial charge is 0.439 e. The van der Waals surface area contributed by atoms with Gasteiger partial charge in [0.1, 0.15) is 5.75 Å². The Kier molecular flexibility index (Phi) is 5.13. The molecule has 3 heteroatoms. The molecule has 1 N–H and O–H groups in total. The molecule has 0 aliphatic carbocycles. The van der Waals surface area contributed by atoms with Crippen molar-refractivity contribution in [3.8, 4) is 11.6 Å². The molecule has 0 aliphatic heterocycles. The SMILES string of the molecule is CCc1cccc(Oc2ncccc2CNC(C)C)c1. The van der Waals surface area contributed by atoms with E-state index in [-0.39, 0.29) is 0 Å². The van der Waals surface area contributed by atoms with E-state index in [4.69, 9.17) is 4.74 Å². The van der Waals surface area contributed by atoms with Crippen LogP contribution in [0, 0.1) is 0 Å². The summed E-state index contributed by atoms with van der Waals surface area (Å²) in [6.45, 7) is 7.15. The summed E-state index contributed by atoms with van der Waals surface area (Å²) >= 11 is 0. The molecule has 20 heavy (non-hydrogen) atoms. The maximum Gasteiger partial charge on any atom is 0.223 e. The lowest BCUT2D eigenvalue weighted by atomic mass is 10.2. The molecule has 2 aromatic rings. The van der Waals surface area contributed by atoms with E-state index in [0.29, 0.717) is 11.9 Å². The number of aryl methyl sites for hydroxylation is 1. The molecule has 106 valence electrons. The summed E-state index contributed by atoms with van der Waals surface area (Å²) in [7, 11) is 0. The van der Waals surface area contributed by atoms with E-state index < -0.39 is 0 Å². The number of rotatable bonds is 6. The fraction of sp³-hybridized carbons (Fsp3) is 0.353. The Bertz CT molecular complexity index is 552. The third-order valence-corrected chi connectivity index (χ3v) is 3.07. The predicted octanol–water partition coefficient (Wildman–Crippen LogP) is 3.93. The smallest absolute Gasteiger partial charge is 0.223 e. The first-order valence-electron chi connectivity index (χ1n) is 7.13. The summed E-state index contributed by atoms with van der Waals surface area (Å²) in [5, 5.41) is 3.39. The van der Waals surface area contributed by atoms with Gasteiger partial charge in [0.15, 0.2) is 0 Å². The highest BCUT2D eigenvalue weighted by molar-refractivity contribution is 5.34. The lowest BCUT2D eigenvalue weighted by Gasteiger charge is -2.12. The van der Waals surface area contributed by atoms with Crippen LogP contribution in [-0.4, -0.2) is 11.0 Å². The lowest BCUT2D eigenvalue weighted by Crippen LogP contribution is -2.22. The van der Waals surface area contributed by atoms with Crippen LogP contribution in [0.2, 0.25) is 0 Å². The third-order valence-electron chi connectivity index (χ3n) is 3.07. The first-order valence-corrected chi connectivity index (χ1v) is 7.13. The van der Waals surface area contributed by atoms with Gasteiger partial charge in [-0.15, -0.1) is 0 Å². The fourth-order valence-electron chi connectivity index (χ4n) is 1.91. The van der Waals surface area contributed by atoms with Crippen molar-refractivity contribution in [2.24, 2.45) is 0 Å². The third kappa shape index (κ3) is 4.07. The van der Waals surface area contributed by atoms with Crippen molar-refractivity contribution < 1.29 is 4.74 Å². The molecule has 0 aliphatic rings. The van der Waals surface area contributed by atoms with E-state index in [0.717, 1.165) is 24.3 Å². The van der Waals surface area contributed by atoms with Gasteiger partial charge in [-0.1, -0.05) is 39.0 Å². The van der Waals surface area contributed by atoms with E-state index >= 15 is 0 Å². The molecular formula is C17H22N2O. The quantitative estimate of drug-likeness (QED) is 0.863. The van der Waals surface area contributed by atoms with Crippen LogP contribution in [0.4, 0.5) is 0 Å². The second-order valence-electron chi connectivity index (χ2n) is 5.11. The van der Waals surface area contributed by atoms with Gasteiger partial charge in [0, 0.05) is 24.3 Å². The number of pyridine rings is 1. The predicted molar refractivity (Wildman–Crippen MR) is 82.1 cm³/mol. The number of nitrogens with zero attached hydrogens (tertiary/aromatic N) is 1. The van der Waals surface area contributed by atoms with E-state index in [1.54, 1.807) is 6.20 Å². The first-order chi connectivity index (χ1) is 9.69. The Morgan fingerprint density at radius 1 is 1.20 bits per heavy atom. The van der Waals surface area contributed by atoms with Gasteiger partial charge in [-0.2, -0.15) is 0 Å². The minimum absolute atomic E-state index is 0.437. The van der Waals surface area contributed by atoms with Crippen LogP contribution in [0.1, 0.15) is 31.9 Å². The summed E-state index contributed by atoms with van der Waals surface area (Å²) in [6.07, 6.45) is 2.76. The highest BCUT2D eigenvalue weighted by Crippen LogP contribution is 2.23. The highest BCUT2D eigenvalue weighted by atomic mass is 16.5. The molecule has 0 fully saturated rings. The van der Waals surface area contributed by atoms with Gasteiger partial charge >= 0.3 is 0 Å². The van der Waals surface area contributed by atoms with Crippen molar-refractivity contribution in [3.05, 3.63) is 53.7 Å². The zero-order chi connectivity index (χ0) is 14.4. The maximum absolute atomic E-state index is 5.93. The second kappa shape index (κ2) is 7.06. The monoisotopic (exact) mass is 270 g/mol. The summed E-state index contributed by atoms with van der Waals surface area (Å²) < 4.78 is 5.93. The number of benzene rings is 1. The van der Waals surface area contributed by atoms with Crippen molar-refractivity contribution >= 4 is 0 Å². The molecule has 0 amide bonds. The van der Waals surface area contributed by atoms with Gasteiger partial charge in [-0.25, -0.2) is 4.98 Å². The minimum atomic E-state index is 0.437. The molecule has 1 aromatic carbocycles. The first kappa shape index (κ1) is 14.5. The van der Waals surface area contributed by atoms with Gasteiger partial charge in [0.2, 0.25) is 5.88 Å². The Labute approximate surface area is 121 Å². The topological polar surface area (TPSA) is 34.1 Å². The summed E-state index contributed by atoms with van der Waals surface area (Å²) in [5.41, 5.74) is 2.34. The number of hydrogen-bond acceptors (Lipinski definition) is 3. The Balaban J connectivity index is 2.15. The number of aromatic nitrogens is 1. The van der Waals surface area contributed by atoms with Gasteiger partial charge in [0.25, 0.3) is 0 Å². The molecule has 0 radical (unpaired) electrons. The average Bonchev–Trinajstić information content (AvgIpc) is 2.46. The van der Waals surface area contributed by atoms with Gasteiger partial charge in [-0.3, -0.25) is 0 Å². The molecule has 0 unspecified atom stereocenters. The highest BCUT2D eigenvalue weighted by Gasteiger charge is 2.07. The molecule has 0 saturated heterocycles. The lowest BCUT2D eigenvalue weighted by molar-refractivity contribution is 0.449. The molecule has 1 heterocycles. The molecule has 2 rings (SSSR count). The molecule has 1 aromatic heterocycles.